The minimum atomic E-state index is 1.08. The fourth-order valence-corrected chi connectivity index (χ4v) is 0. The largest absolute Gasteiger partial charge is 0.106 e. The first-order valence-corrected chi connectivity index (χ1v) is 4.02. The van der Waals surface area contributed by atoms with Gasteiger partial charge in [-0.15, -0.1) is 19.7 Å². The van der Waals surface area contributed by atoms with Crippen LogP contribution < -0.4 is 0 Å². The third-order valence-electron chi connectivity index (χ3n) is 0.289. The van der Waals surface area contributed by atoms with E-state index >= 15 is 0 Å². The molecule has 0 heteroatoms. The molecule has 0 atom stereocenters. The monoisotopic (exact) mass is 144 g/mol. The van der Waals surface area contributed by atoms with Gasteiger partial charge in [0.15, 0.2) is 0 Å². The van der Waals surface area contributed by atoms with E-state index in [0.717, 1.165) is 6.42 Å². The maximum absolute atomic E-state index is 3.48. The highest BCUT2D eigenvalue weighted by Crippen LogP contribution is 1.66. The molecule has 0 amide bonds. The van der Waals surface area contributed by atoms with Gasteiger partial charge in [0.05, 0.1) is 0 Å². The first kappa shape index (κ1) is 22.7. The Morgan fingerprint density at radius 1 is 1.00 bits per heavy atom. The lowest BCUT2D eigenvalue weighted by atomic mass is 10.5. The predicted molar refractivity (Wildman–Crippen MR) is 54.4 cm³/mol. The van der Waals surface area contributed by atoms with Gasteiger partial charge in [-0.25, -0.2) is 0 Å². The molecule has 0 N–H and O–H groups in total. The highest BCUT2D eigenvalue weighted by Gasteiger charge is 1.45. The molecule has 0 aromatic carbocycles. The second kappa shape index (κ2) is 217. The van der Waals surface area contributed by atoms with E-state index in [0.29, 0.717) is 0 Å². The van der Waals surface area contributed by atoms with Crippen LogP contribution in [0.4, 0.5) is 0 Å². The summed E-state index contributed by atoms with van der Waals surface area (Å²) in [7, 11) is 0. The van der Waals surface area contributed by atoms with Crippen LogP contribution in [-0.2, 0) is 0 Å². The van der Waals surface area contributed by atoms with Gasteiger partial charge in [0.25, 0.3) is 0 Å². The number of rotatable bonds is 1. The van der Waals surface area contributed by atoms with Gasteiger partial charge in [-0.05, 0) is 6.42 Å². The maximum atomic E-state index is 3.48. The Kier molecular flexibility index (Phi) is 492. The van der Waals surface area contributed by atoms with Crippen molar-refractivity contribution < 1.29 is 0 Å². The zero-order chi connectivity index (χ0) is 9.41. The smallest absolute Gasteiger partial charge is 0.0382 e. The van der Waals surface area contributed by atoms with Gasteiger partial charge in [0, 0.05) is 0 Å². The van der Waals surface area contributed by atoms with Crippen LogP contribution >= 0.6 is 0 Å². The number of hydrogen-bond donors (Lipinski definition) is 0. The molecule has 0 aromatic rings. The zero-order valence-corrected chi connectivity index (χ0v) is 8.41. The number of allylic oxidation sites excluding steroid dienone is 1. The van der Waals surface area contributed by atoms with Gasteiger partial charge >= 0.3 is 0 Å². The first-order valence-electron chi connectivity index (χ1n) is 4.02. The van der Waals surface area contributed by atoms with Gasteiger partial charge in [0.2, 0.25) is 0 Å². The van der Waals surface area contributed by atoms with Crippen molar-refractivity contribution in [1.29, 1.82) is 0 Å². The van der Waals surface area contributed by atoms with Crippen LogP contribution in [0.1, 0.15) is 41.0 Å². The summed E-state index contributed by atoms with van der Waals surface area (Å²) in [5, 5.41) is 0. The molecule has 0 saturated heterocycles. The molecule has 0 aliphatic rings. The molecule has 0 unspecified atom stereocenters. The molecule has 0 aliphatic heterocycles. The van der Waals surface area contributed by atoms with Crippen LogP contribution in [0.25, 0.3) is 0 Å². The fraction of sp³-hybridized carbons (Fsp3) is 0.600. The van der Waals surface area contributed by atoms with Crippen molar-refractivity contribution in [3.05, 3.63) is 25.8 Å². The van der Waals surface area contributed by atoms with Crippen molar-refractivity contribution in [3.8, 4) is 0 Å². The van der Waals surface area contributed by atoms with E-state index in [-0.39, 0.29) is 0 Å². The standard InChI is InChI=1S/C4H8.2C2H6.C2H4/c1-3-4-2;3*1-2/h3H,1,4H2,2H3;2*1-2H3;1-2H2. The van der Waals surface area contributed by atoms with Crippen molar-refractivity contribution in [1.82, 2.24) is 0 Å². The van der Waals surface area contributed by atoms with E-state index in [4.69, 9.17) is 0 Å². The Morgan fingerprint density at radius 3 is 1.10 bits per heavy atom. The van der Waals surface area contributed by atoms with E-state index in [2.05, 4.69) is 26.7 Å². The zero-order valence-electron chi connectivity index (χ0n) is 8.41. The SMILES string of the molecule is C=C.C=CCC.CC.CC. The molecule has 64 valence electrons. The van der Waals surface area contributed by atoms with Crippen molar-refractivity contribution in [2.24, 2.45) is 0 Å². The second-order valence-electron chi connectivity index (χ2n) is 0.697. The fourth-order valence-electron chi connectivity index (χ4n) is 0. The van der Waals surface area contributed by atoms with E-state index in [9.17, 15) is 0 Å². The summed E-state index contributed by atoms with van der Waals surface area (Å²) in [6.45, 7) is 19.5. The summed E-state index contributed by atoms with van der Waals surface area (Å²) in [4.78, 5) is 0. The van der Waals surface area contributed by atoms with E-state index in [1.165, 1.54) is 0 Å². The molecule has 0 aliphatic carbocycles. The van der Waals surface area contributed by atoms with E-state index in [1.54, 1.807) is 0 Å². The van der Waals surface area contributed by atoms with Gasteiger partial charge in [-0.3, -0.25) is 0 Å². The molecule has 0 saturated carbocycles. The Labute approximate surface area is 67.7 Å². The summed E-state index contributed by atoms with van der Waals surface area (Å²) >= 11 is 0. The van der Waals surface area contributed by atoms with Gasteiger partial charge < -0.3 is 0 Å². The van der Waals surface area contributed by atoms with E-state index in [1.807, 2.05) is 33.8 Å². The Bertz CT molecular complexity index is 21.2. The minimum Gasteiger partial charge on any atom is -0.106 e. The molecule has 0 heterocycles. The molecule has 0 bridgehead atoms. The van der Waals surface area contributed by atoms with Gasteiger partial charge in [-0.2, -0.15) is 0 Å². The van der Waals surface area contributed by atoms with Crippen molar-refractivity contribution >= 4 is 0 Å². The van der Waals surface area contributed by atoms with Crippen LogP contribution in [0.2, 0.25) is 0 Å². The third-order valence-corrected chi connectivity index (χ3v) is 0.289. The molecule has 0 rings (SSSR count). The summed E-state index contributed by atoms with van der Waals surface area (Å²) in [5.74, 6) is 0. The Morgan fingerprint density at radius 2 is 1.10 bits per heavy atom. The normalized spacial score (nSPS) is 4.10. The van der Waals surface area contributed by atoms with Crippen LogP contribution in [0, 0.1) is 0 Å². The minimum absolute atomic E-state index is 1.08. The van der Waals surface area contributed by atoms with Crippen molar-refractivity contribution in [2.75, 3.05) is 0 Å². The summed E-state index contributed by atoms with van der Waals surface area (Å²) in [6, 6.07) is 0. The third kappa shape index (κ3) is 1360. The van der Waals surface area contributed by atoms with Gasteiger partial charge in [-0.1, -0.05) is 40.7 Å². The van der Waals surface area contributed by atoms with Gasteiger partial charge in [0.1, 0.15) is 0 Å². The highest BCUT2D eigenvalue weighted by atomic mass is 13.5. The number of hydrogen-bond acceptors (Lipinski definition) is 0. The predicted octanol–water partition coefficient (Wildman–Crippen LogP) is 4.44. The van der Waals surface area contributed by atoms with Crippen molar-refractivity contribution in [2.45, 2.75) is 41.0 Å². The van der Waals surface area contributed by atoms with Crippen LogP contribution in [0.3, 0.4) is 0 Å². The molecule has 0 nitrogen and oxygen atoms in total. The molecule has 0 aromatic heterocycles. The first-order chi connectivity index (χ1) is 4.91. The van der Waals surface area contributed by atoms with Crippen LogP contribution in [0.5, 0.6) is 0 Å². The lowest BCUT2D eigenvalue weighted by Gasteiger charge is -1.57. The average molecular weight is 144 g/mol. The quantitative estimate of drug-likeness (QED) is 0.477. The molecular weight excluding hydrogens is 120 g/mol. The lowest BCUT2D eigenvalue weighted by molar-refractivity contribution is 1.23. The van der Waals surface area contributed by atoms with Crippen LogP contribution in [0.15, 0.2) is 25.8 Å². The highest BCUT2D eigenvalue weighted by molar-refractivity contribution is 4.60. The van der Waals surface area contributed by atoms with E-state index < -0.39 is 0 Å². The lowest BCUT2D eigenvalue weighted by Crippen LogP contribution is -1.36. The molecular formula is C10H24. The van der Waals surface area contributed by atoms with Crippen molar-refractivity contribution in [3.63, 3.8) is 0 Å². The Hall–Kier alpha value is -0.520. The summed E-state index contributed by atoms with van der Waals surface area (Å²) < 4.78 is 0. The molecule has 0 radical (unpaired) electrons. The maximum Gasteiger partial charge on any atom is -0.0382 e. The Balaban J connectivity index is -0.0000000262. The summed E-state index contributed by atoms with van der Waals surface area (Å²) in [6.07, 6.45) is 2.96. The summed E-state index contributed by atoms with van der Waals surface area (Å²) in [5.41, 5.74) is 0. The topological polar surface area (TPSA) is 0 Å². The average Bonchev–Trinajstić information content (AvgIpc) is 2.14. The second-order valence-corrected chi connectivity index (χ2v) is 0.697. The molecule has 0 fully saturated rings. The molecule has 10 heavy (non-hydrogen) atoms. The van der Waals surface area contributed by atoms with Crippen LogP contribution in [-0.4, -0.2) is 0 Å². The molecule has 0 spiro atoms.